The second-order valence-electron chi connectivity index (χ2n) is 9.66. The molecule has 0 bridgehead atoms. The summed E-state index contributed by atoms with van der Waals surface area (Å²) in [4.78, 5) is 43.4. The van der Waals surface area contributed by atoms with E-state index in [1.165, 1.54) is 16.2 Å². The normalized spacial score (nSPS) is 19.5. The molecule has 9 nitrogen and oxygen atoms in total. The van der Waals surface area contributed by atoms with Crippen molar-refractivity contribution in [1.29, 1.82) is 0 Å². The number of thiophene rings is 1. The minimum atomic E-state index is -0.839. The summed E-state index contributed by atoms with van der Waals surface area (Å²) in [6.07, 6.45) is -1.32. The van der Waals surface area contributed by atoms with Crippen LogP contribution in [-0.2, 0) is 20.8 Å². The lowest BCUT2D eigenvalue weighted by Gasteiger charge is -2.28. The first kappa shape index (κ1) is 26.9. The van der Waals surface area contributed by atoms with Gasteiger partial charge < -0.3 is 20.1 Å². The van der Waals surface area contributed by atoms with Gasteiger partial charge in [0, 0.05) is 31.9 Å². The molecule has 2 N–H and O–H groups in total. The molecule has 10 heteroatoms. The number of nitrogens with zero attached hydrogens (tertiary/aromatic N) is 2. The molecule has 2 aliphatic heterocycles. The van der Waals surface area contributed by atoms with Crippen molar-refractivity contribution in [2.24, 2.45) is 0 Å². The third-order valence-corrected chi connectivity index (χ3v) is 7.73. The predicted octanol–water partition coefficient (Wildman–Crippen LogP) is 3.82. The lowest BCUT2D eigenvalue weighted by atomic mass is 10.00. The average Bonchev–Trinajstić information content (AvgIpc) is 3.59. The Morgan fingerprint density at radius 3 is 2.56 bits per heavy atom. The molecule has 2 aliphatic rings. The first-order valence-electron chi connectivity index (χ1n) is 13.0. The topological polar surface area (TPSA) is 100 Å². The first-order valence-corrected chi connectivity index (χ1v) is 13.9. The van der Waals surface area contributed by atoms with Gasteiger partial charge >= 0.3 is 6.09 Å². The summed E-state index contributed by atoms with van der Waals surface area (Å²) in [6.45, 7) is 6.46. The Morgan fingerprint density at radius 2 is 1.85 bits per heavy atom. The van der Waals surface area contributed by atoms with E-state index in [-0.39, 0.29) is 18.4 Å². The molecule has 3 heterocycles. The first-order chi connectivity index (χ1) is 19.0. The number of carbonyl (C=O) groups excluding carboxylic acids is 3. The number of benzene rings is 2. The third kappa shape index (κ3) is 6.65. The van der Waals surface area contributed by atoms with Crippen LogP contribution in [0.3, 0.4) is 0 Å². The molecular formula is C29H32N4O5S. The average molecular weight is 549 g/mol. The molecule has 0 saturated carbocycles. The Bertz CT molecular complexity index is 1290. The highest BCUT2D eigenvalue weighted by Crippen LogP contribution is 2.34. The van der Waals surface area contributed by atoms with Crippen LogP contribution in [0.4, 0.5) is 10.5 Å². The van der Waals surface area contributed by atoms with Gasteiger partial charge in [0.2, 0.25) is 5.91 Å². The van der Waals surface area contributed by atoms with Crippen molar-refractivity contribution in [3.63, 3.8) is 0 Å². The molecule has 0 radical (unpaired) electrons. The quantitative estimate of drug-likeness (QED) is 0.422. The number of hydrogen-bond donors (Lipinski definition) is 2. The molecule has 3 aromatic rings. The van der Waals surface area contributed by atoms with Crippen LogP contribution in [0.25, 0.3) is 0 Å². The van der Waals surface area contributed by atoms with Gasteiger partial charge in [-0.25, -0.2) is 4.79 Å². The SMILES string of the molecule is Cc1cccc(CN2C(=O)O[C@@H](c3ccc(NC(=O)c4cccs4)cc3)[C@@H]2C(=O)NCCN2CCOCC2)c1. The largest absolute Gasteiger partial charge is 0.438 e. The van der Waals surface area contributed by atoms with Gasteiger partial charge in [-0.15, -0.1) is 11.3 Å². The van der Waals surface area contributed by atoms with Crippen molar-refractivity contribution in [3.05, 3.63) is 87.6 Å². The Balaban J connectivity index is 1.32. The van der Waals surface area contributed by atoms with Crippen molar-refractivity contribution in [3.8, 4) is 0 Å². The zero-order valence-electron chi connectivity index (χ0n) is 21.8. The van der Waals surface area contributed by atoms with E-state index in [0.29, 0.717) is 42.4 Å². The molecule has 2 atom stereocenters. The van der Waals surface area contributed by atoms with Crippen LogP contribution in [-0.4, -0.2) is 73.1 Å². The lowest BCUT2D eigenvalue weighted by Crippen LogP contribution is -2.48. The molecule has 3 amide bonds. The molecule has 39 heavy (non-hydrogen) atoms. The Kier molecular flexibility index (Phi) is 8.55. The van der Waals surface area contributed by atoms with Crippen molar-refractivity contribution < 1.29 is 23.9 Å². The minimum absolute atomic E-state index is 0.188. The third-order valence-electron chi connectivity index (χ3n) is 6.86. The molecule has 2 fully saturated rings. The van der Waals surface area contributed by atoms with Crippen LogP contribution in [0, 0.1) is 6.92 Å². The zero-order chi connectivity index (χ0) is 27.2. The minimum Gasteiger partial charge on any atom is -0.438 e. The second kappa shape index (κ2) is 12.4. The number of anilines is 1. The maximum absolute atomic E-state index is 13.5. The highest BCUT2D eigenvalue weighted by Gasteiger charge is 2.47. The van der Waals surface area contributed by atoms with E-state index < -0.39 is 18.2 Å². The smallest absolute Gasteiger partial charge is 0.411 e. The molecule has 1 aromatic heterocycles. The van der Waals surface area contributed by atoms with Crippen LogP contribution < -0.4 is 10.6 Å². The molecule has 0 unspecified atom stereocenters. The molecule has 2 aromatic carbocycles. The summed E-state index contributed by atoms with van der Waals surface area (Å²) in [7, 11) is 0. The number of ether oxygens (including phenoxy) is 2. The summed E-state index contributed by atoms with van der Waals surface area (Å²) in [5.74, 6) is -0.450. The summed E-state index contributed by atoms with van der Waals surface area (Å²) in [5, 5.41) is 7.74. The number of rotatable bonds is 9. The fourth-order valence-electron chi connectivity index (χ4n) is 4.84. The van der Waals surface area contributed by atoms with Crippen molar-refractivity contribution in [2.75, 3.05) is 44.7 Å². The Morgan fingerprint density at radius 1 is 1.05 bits per heavy atom. The van der Waals surface area contributed by atoms with E-state index in [1.54, 1.807) is 30.3 Å². The number of morpholine rings is 1. The molecule has 0 spiro atoms. The van der Waals surface area contributed by atoms with Crippen LogP contribution >= 0.6 is 11.3 Å². The fraction of sp³-hybridized carbons (Fsp3) is 0.345. The molecular weight excluding hydrogens is 516 g/mol. The van der Waals surface area contributed by atoms with Gasteiger partial charge in [-0.3, -0.25) is 19.4 Å². The van der Waals surface area contributed by atoms with Gasteiger partial charge in [0.05, 0.1) is 24.6 Å². The fourth-order valence-corrected chi connectivity index (χ4v) is 5.46. The van der Waals surface area contributed by atoms with Crippen molar-refractivity contribution >= 4 is 34.9 Å². The predicted molar refractivity (Wildman–Crippen MR) is 149 cm³/mol. The molecule has 204 valence electrons. The highest BCUT2D eigenvalue weighted by molar-refractivity contribution is 7.12. The number of nitrogens with one attached hydrogen (secondary N) is 2. The van der Waals surface area contributed by atoms with Crippen molar-refractivity contribution in [1.82, 2.24) is 15.1 Å². The van der Waals surface area contributed by atoms with E-state index in [2.05, 4.69) is 15.5 Å². The van der Waals surface area contributed by atoms with E-state index in [1.807, 2.05) is 42.6 Å². The number of carbonyl (C=O) groups is 3. The summed E-state index contributed by atoms with van der Waals surface area (Å²) in [5.41, 5.74) is 3.29. The summed E-state index contributed by atoms with van der Waals surface area (Å²) < 4.78 is 11.2. The Hall–Kier alpha value is -3.73. The zero-order valence-corrected chi connectivity index (χ0v) is 22.6. The molecule has 0 aliphatic carbocycles. The number of hydrogen-bond acceptors (Lipinski definition) is 7. The molecule has 5 rings (SSSR count). The van der Waals surface area contributed by atoms with E-state index in [9.17, 15) is 14.4 Å². The van der Waals surface area contributed by atoms with E-state index in [0.717, 1.165) is 24.2 Å². The van der Waals surface area contributed by atoms with Crippen LogP contribution in [0.1, 0.15) is 32.5 Å². The summed E-state index contributed by atoms with van der Waals surface area (Å²) >= 11 is 1.37. The maximum Gasteiger partial charge on any atom is 0.411 e. The highest BCUT2D eigenvalue weighted by atomic mass is 32.1. The lowest BCUT2D eigenvalue weighted by molar-refractivity contribution is -0.126. The van der Waals surface area contributed by atoms with Gasteiger partial charge in [0.1, 0.15) is 0 Å². The maximum atomic E-state index is 13.5. The summed E-state index contributed by atoms with van der Waals surface area (Å²) in [6, 6.07) is 17.7. The van der Waals surface area contributed by atoms with Gasteiger partial charge in [0.15, 0.2) is 12.1 Å². The monoisotopic (exact) mass is 548 g/mol. The van der Waals surface area contributed by atoms with Crippen LogP contribution in [0.5, 0.6) is 0 Å². The van der Waals surface area contributed by atoms with Gasteiger partial charge in [-0.1, -0.05) is 48.0 Å². The van der Waals surface area contributed by atoms with Crippen LogP contribution in [0.2, 0.25) is 0 Å². The van der Waals surface area contributed by atoms with E-state index >= 15 is 0 Å². The standard InChI is InChI=1S/C29H32N4O5S/c1-20-4-2-5-21(18-20)19-33-25(28(35)30-11-12-32-13-15-37-16-14-32)26(38-29(33)36)22-7-9-23(10-8-22)31-27(34)24-6-3-17-39-24/h2-10,17-18,25-26H,11-16,19H2,1H3,(H,30,35)(H,31,34)/t25-,26+/m1/s1. The Labute approximate surface area is 231 Å². The number of aryl methyl sites for hydroxylation is 1. The van der Waals surface area contributed by atoms with Crippen LogP contribution in [0.15, 0.2) is 66.0 Å². The van der Waals surface area contributed by atoms with Gasteiger partial charge in [-0.05, 0) is 41.6 Å². The van der Waals surface area contributed by atoms with Gasteiger partial charge in [0.25, 0.3) is 5.91 Å². The molecule has 2 saturated heterocycles. The number of amides is 3. The number of cyclic esters (lactones) is 1. The van der Waals surface area contributed by atoms with Crippen molar-refractivity contribution in [2.45, 2.75) is 25.6 Å². The second-order valence-corrected chi connectivity index (χ2v) is 10.6. The van der Waals surface area contributed by atoms with Gasteiger partial charge in [-0.2, -0.15) is 0 Å². The van der Waals surface area contributed by atoms with E-state index in [4.69, 9.17) is 9.47 Å².